The number of nitro groups is 1. The average molecular weight is 452 g/mol. The summed E-state index contributed by atoms with van der Waals surface area (Å²) >= 11 is 0. The molecule has 0 radical (unpaired) electrons. The molecule has 32 heavy (non-hydrogen) atoms. The number of fused-ring (bicyclic) bond motifs is 1. The van der Waals surface area contributed by atoms with Crippen molar-refractivity contribution in [2.75, 3.05) is 16.3 Å². The summed E-state index contributed by atoms with van der Waals surface area (Å²) in [6.07, 6.45) is 1.51. The van der Waals surface area contributed by atoms with E-state index in [1.54, 1.807) is 18.2 Å². The Labute approximate surface area is 184 Å². The number of carbonyl (C=O) groups is 1. The zero-order valence-corrected chi connectivity index (χ0v) is 17.7. The monoisotopic (exact) mass is 452 g/mol. The third-order valence-corrected chi connectivity index (χ3v) is 6.97. The van der Waals surface area contributed by atoms with Gasteiger partial charge < -0.3 is 0 Å². The van der Waals surface area contributed by atoms with E-state index in [4.69, 9.17) is 0 Å². The molecule has 10 heteroatoms. The number of aryl methyl sites for hydroxylation is 1. The van der Waals surface area contributed by atoms with Gasteiger partial charge in [0, 0.05) is 18.2 Å². The Morgan fingerprint density at radius 2 is 1.75 bits per heavy atom. The third kappa shape index (κ3) is 4.12. The van der Waals surface area contributed by atoms with Crippen molar-refractivity contribution in [3.8, 4) is 0 Å². The molecule has 0 fully saturated rings. The predicted molar refractivity (Wildman–Crippen MR) is 120 cm³/mol. The van der Waals surface area contributed by atoms with Crippen molar-refractivity contribution in [2.45, 2.75) is 17.7 Å². The van der Waals surface area contributed by atoms with Crippen molar-refractivity contribution in [3.63, 3.8) is 0 Å². The molecule has 164 valence electrons. The number of nitro benzene ring substituents is 1. The Kier molecular flexibility index (Phi) is 5.78. The standard InChI is InChI=1S/C22H20N4O5S/c27-22(24-23-19-11-2-4-13-21(19)26(28)29)17-8-5-10-18(15-17)32(30,31)25-14-6-9-16-7-1-3-12-20(16)25/h1-5,7-8,10-13,15,23H,6,9,14H2,(H,24,27). The van der Waals surface area contributed by atoms with Crippen LogP contribution in [-0.2, 0) is 16.4 Å². The van der Waals surface area contributed by atoms with Crippen LogP contribution in [0.15, 0.2) is 77.7 Å². The second-order valence-electron chi connectivity index (χ2n) is 7.19. The molecule has 1 heterocycles. The van der Waals surface area contributed by atoms with Crippen LogP contribution in [0, 0.1) is 10.1 Å². The van der Waals surface area contributed by atoms with Gasteiger partial charge in [-0.3, -0.25) is 30.1 Å². The summed E-state index contributed by atoms with van der Waals surface area (Å²) in [6.45, 7) is 0.356. The quantitative estimate of drug-likeness (QED) is 0.436. The number of amides is 1. The van der Waals surface area contributed by atoms with Crippen molar-refractivity contribution in [1.82, 2.24) is 5.43 Å². The van der Waals surface area contributed by atoms with E-state index >= 15 is 0 Å². The Hall–Kier alpha value is -3.92. The summed E-state index contributed by atoms with van der Waals surface area (Å²) in [5.74, 6) is -0.626. The second kappa shape index (κ2) is 8.67. The Morgan fingerprint density at radius 3 is 2.56 bits per heavy atom. The van der Waals surface area contributed by atoms with Crippen molar-refractivity contribution in [1.29, 1.82) is 0 Å². The van der Waals surface area contributed by atoms with Crippen molar-refractivity contribution in [3.05, 3.63) is 94.0 Å². The van der Waals surface area contributed by atoms with E-state index in [1.165, 1.54) is 46.8 Å². The van der Waals surface area contributed by atoms with E-state index in [2.05, 4.69) is 10.9 Å². The number of carbonyl (C=O) groups excluding carboxylic acids is 1. The molecule has 9 nitrogen and oxygen atoms in total. The number of nitrogens with zero attached hydrogens (tertiary/aromatic N) is 2. The normalized spacial score (nSPS) is 13.2. The first-order valence-electron chi connectivity index (χ1n) is 9.88. The number of anilines is 2. The maximum absolute atomic E-state index is 13.3. The molecule has 3 aromatic rings. The van der Waals surface area contributed by atoms with E-state index in [0.29, 0.717) is 18.7 Å². The molecule has 0 aliphatic carbocycles. The molecule has 0 spiro atoms. The van der Waals surface area contributed by atoms with Crippen molar-refractivity contribution in [2.24, 2.45) is 0 Å². The Morgan fingerprint density at radius 1 is 1.00 bits per heavy atom. The van der Waals surface area contributed by atoms with E-state index in [1.807, 2.05) is 12.1 Å². The van der Waals surface area contributed by atoms with Gasteiger partial charge in [0.1, 0.15) is 5.69 Å². The number of benzene rings is 3. The van der Waals surface area contributed by atoms with E-state index in [-0.39, 0.29) is 21.8 Å². The van der Waals surface area contributed by atoms with Crippen LogP contribution in [0.5, 0.6) is 0 Å². The van der Waals surface area contributed by atoms with E-state index < -0.39 is 20.9 Å². The first-order chi connectivity index (χ1) is 15.4. The lowest BCUT2D eigenvalue weighted by Crippen LogP contribution is -2.35. The highest BCUT2D eigenvalue weighted by Crippen LogP contribution is 2.32. The minimum absolute atomic E-state index is 0.00690. The predicted octanol–water partition coefficient (Wildman–Crippen LogP) is 3.49. The molecule has 0 saturated heterocycles. The molecule has 0 saturated carbocycles. The van der Waals surface area contributed by atoms with Crippen LogP contribution in [0.3, 0.4) is 0 Å². The molecule has 0 aromatic heterocycles. The van der Waals surface area contributed by atoms with Crippen molar-refractivity contribution < 1.29 is 18.1 Å². The first kappa shape index (κ1) is 21.3. The largest absolute Gasteiger partial charge is 0.294 e. The van der Waals surface area contributed by atoms with Gasteiger partial charge in [-0.25, -0.2) is 8.42 Å². The smallest absolute Gasteiger partial charge is 0.292 e. The molecule has 3 aromatic carbocycles. The van der Waals surface area contributed by atoms with Crippen LogP contribution in [0.4, 0.5) is 17.1 Å². The average Bonchev–Trinajstić information content (AvgIpc) is 2.82. The molecule has 4 rings (SSSR count). The van der Waals surface area contributed by atoms with E-state index in [9.17, 15) is 23.3 Å². The van der Waals surface area contributed by atoms with Crippen LogP contribution >= 0.6 is 0 Å². The minimum Gasteiger partial charge on any atom is -0.292 e. The zero-order chi connectivity index (χ0) is 22.7. The van der Waals surface area contributed by atoms with E-state index in [0.717, 1.165) is 12.0 Å². The zero-order valence-electron chi connectivity index (χ0n) is 16.9. The topological polar surface area (TPSA) is 122 Å². The second-order valence-corrected chi connectivity index (χ2v) is 9.05. The molecule has 0 unspecified atom stereocenters. The molecule has 0 atom stereocenters. The van der Waals surface area contributed by atoms with Crippen LogP contribution in [-0.4, -0.2) is 25.8 Å². The Bertz CT molecular complexity index is 1290. The van der Waals surface area contributed by atoms with Gasteiger partial charge in [0.05, 0.1) is 15.5 Å². The van der Waals surface area contributed by atoms with Gasteiger partial charge in [-0.2, -0.15) is 0 Å². The third-order valence-electron chi connectivity index (χ3n) is 5.16. The highest BCUT2D eigenvalue weighted by Gasteiger charge is 2.29. The maximum Gasteiger partial charge on any atom is 0.294 e. The van der Waals surface area contributed by atoms with Crippen molar-refractivity contribution >= 4 is 33.0 Å². The summed E-state index contributed by atoms with van der Waals surface area (Å²) in [5, 5.41) is 11.1. The fraction of sp³-hybridized carbons (Fsp3) is 0.136. The highest BCUT2D eigenvalue weighted by molar-refractivity contribution is 7.92. The summed E-state index contributed by atoms with van der Waals surface area (Å²) in [6, 6.07) is 18.9. The lowest BCUT2D eigenvalue weighted by Gasteiger charge is -2.30. The van der Waals surface area contributed by atoms with Gasteiger partial charge in [-0.05, 0) is 48.7 Å². The van der Waals surface area contributed by atoms with Crippen LogP contribution in [0.1, 0.15) is 22.3 Å². The molecular weight excluding hydrogens is 432 g/mol. The summed E-state index contributed by atoms with van der Waals surface area (Å²) in [5.41, 5.74) is 6.53. The molecule has 1 amide bonds. The minimum atomic E-state index is -3.87. The number of para-hydroxylation sites is 3. The maximum atomic E-state index is 13.3. The number of sulfonamides is 1. The fourth-order valence-electron chi connectivity index (χ4n) is 3.61. The summed E-state index contributed by atoms with van der Waals surface area (Å²) in [7, 11) is -3.87. The number of hydrogen-bond donors (Lipinski definition) is 2. The van der Waals surface area contributed by atoms with Crippen LogP contribution in [0.25, 0.3) is 0 Å². The lowest BCUT2D eigenvalue weighted by molar-refractivity contribution is -0.384. The van der Waals surface area contributed by atoms with Gasteiger partial charge >= 0.3 is 0 Å². The summed E-state index contributed by atoms with van der Waals surface area (Å²) < 4.78 is 28.0. The Balaban J connectivity index is 1.56. The number of hydrazine groups is 1. The molecule has 2 N–H and O–H groups in total. The van der Waals surface area contributed by atoms with Gasteiger partial charge in [0.25, 0.3) is 21.6 Å². The van der Waals surface area contributed by atoms with Gasteiger partial charge in [-0.15, -0.1) is 0 Å². The molecular formula is C22H20N4O5S. The molecule has 1 aliphatic rings. The van der Waals surface area contributed by atoms with Gasteiger partial charge in [0.2, 0.25) is 0 Å². The number of rotatable bonds is 6. The molecule has 0 bridgehead atoms. The van der Waals surface area contributed by atoms with Gasteiger partial charge in [0.15, 0.2) is 0 Å². The summed E-state index contributed by atoms with van der Waals surface area (Å²) in [4.78, 5) is 23.1. The SMILES string of the molecule is O=C(NNc1ccccc1[N+](=O)[O-])c1cccc(S(=O)(=O)N2CCCc3ccccc32)c1. The number of hydrogen-bond acceptors (Lipinski definition) is 6. The molecule has 1 aliphatic heterocycles. The first-order valence-corrected chi connectivity index (χ1v) is 11.3. The van der Waals surface area contributed by atoms with Crippen LogP contribution < -0.4 is 15.2 Å². The highest BCUT2D eigenvalue weighted by atomic mass is 32.2. The van der Waals surface area contributed by atoms with Crippen LogP contribution in [0.2, 0.25) is 0 Å². The fourth-order valence-corrected chi connectivity index (χ4v) is 5.20. The number of nitrogens with one attached hydrogen (secondary N) is 2. The van der Waals surface area contributed by atoms with Gasteiger partial charge in [-0.1, -0.05) is 36.4 Å². The lowest BCUT2D eigenvalue weighted by atomic mass is 10.0.